The van der Waals surface area contributed by atoms with Crippen molar-refractivity contribution in [2.75, 3.05) is 6.51 Å². The summed E-state index contributed by atoms with van der Waals surface area (Å²) in [7, 11) is 0. The van der Waals surface area contributed by atoms with Gasteiger partial charge < -0.3 is 14.0 Å². The Kier molecular flexibility index (Phi) is 6.52. The molecule has 1 fully saturated rings. The highest BCUT2D eigenvalue weighted by molar-refractivity contribution is 6.61. The second-order valence-corrected chi connectivity index (χ2v) is 15.3. The first-order chi connectivity index (χ1) is 21.5. The highest BCUT2D eigenvalue weighted by Gasteiger charge is 2.49. The van der Waals surface area contributed by atoms with Crippen molar-refractivity contribution < 1.29 is 9.39 Å². The Morgan fingerprint density at radius 3 is 2.42 bits per heavy atom. The van der Waals surface area contributed by atoms with E-state index in [0.29, 0.717) is 24.3 Å². The van der Waals surface area contributed by atoms with Gasteiger partial charge in [-0.1, -0.05) is 93.6 Å². The highest BCUT2D eigenvalue weighted by Crippen LogP contribution is 2.58. The maximum absolute atomic E-state index is 6.79. The monoisotopic (exact) mass is 595 g/mol. The largest absolute Gasteiger partial charge is 0.421 e. The molecule has 8 rings (SSSR count). The van der Waals surface area contributed by atoms with Gasteiger partial charge in [0.2, 0.25) is 0 Å². The number of allylic oxidation sites excluding steroid dienone is 6. The van der Waals surface area contributed by atoms with Crippen LogP contribution in [0, 0.1) is 17.8 Å². The van der Waals surface area contributed by atoms with Crippen LogP contribution in [0.5, 0.6) is 0 Å². The first-order valence-corrected chi connectivity index (χ1v) is 17.1. The molecular formula is C41H46BNO2. The summed E-state index contributed by atoms with van der Waals surface area (Å²) in [5, 5.41) is 2.67. The fraction of sp³-hybridized carbons (Fsp3) is 0.415. The molecule has 0 radical (unpaired) electrons. The summed E-state index contributed by atoms with van der Waals surface area (Å²) in [6.07, 6.45) is 13.2. The molecule has 1 aromatic heterocycles. The molecule has 4 aromatic rings. The zero-order chi connectivity index (χ0) is 31.3. The van der Waals surface area contributed by atoms with Gasteiger partial charge in [-0.15, -0.1) is 0 Å². The number of para-hydroxylation sites is 1. The predicted molar refractivity (Wildman–Crippen MR) is 189 cm³/mol. The minimum absolute atomic E-state index is 0.0860. The SMILES string of the molecule is CC1CC=C(B2COC(C)(C)C(C)(C)O2)C=C1n1c2ccccc2c2ccc3c(c21)[C@](C)(C1C=CCCC1C)c1ccccc1-3. The van der Waals surface area contributed by atoms with Crippen LogP contribution in [-0.2, 0) is 14.8 Å². The molecule has 3 aromatic carbocycles. The van der Waals surface area contributed by atoms with E-state index in [1.165, 1.54) is 68.1 Å². The third-order valence-electron chi connectivity index (χ3n) is 12.2. The maximum atomic E-state index is 6.79. The van der Waals surface area contributed by atoms with Gasteiger partial charge in [0, 0.05) is 27.8 Å². The van der Waals surface area contributed by atoms with Crippen molar-refractivity contribution in [3.05, 3.63) is 102 Å². The first-order valence-electron chi connectivity index (χ1n) is 17.1. The average molecular weight is 596 g/mol. The number of ether oxygens (including phenoxy) is 1. The Balaban J connectivity index is 1.39. The van der Waals surface area contributed by atoms with E-state index in [9.17, 15) is 0 Å². The molecule has 0 amide bonds. The van der Waals surface area contributed by atoms with Crippen molar-refractivity contribution in [3.63, 3.8) is 0 Å². The molecule has 0 N–H and O–H groups in total. The van der Waals surface area contributed by atoms with Crippen LogP contribution in [0.25, 0.3) is 38.6 Å². The van der Waals surface area contributed by atoms with Crippen LogP contribution >= 0.6 is 0 Å². The van der Waals surface area contributed by atoms with Crippen LogP contribution < -0.4 is 0 Å². The van der Waals surface area contributed by atoms with E-state index in [4.69, 9.17) is 9.39 Å². The van der Waals surface area contributed by atoms with E-state index in [-0.39, 0.29) is 23.5 Å². The van der Waals surface area contributed by atoms with Gasteiger partial charge in [-0.2, -0.15) is 0 Å². The fourth-order valence-electron chi connectivity index (χ4n) is 8.93. The van der Waals surface area contributed by atoms with Gasteiger partial charge >= 0.3 is 6.92 Å². The summed E-state index contributed by atoms with van der Waals surface area (Å²) in [6.45, 7) is 16.5. The Bertz CT molecular complexity index is 1940. The van der Waals surface area contributed by atoms with Crippen LogP contribution in [0.3, 0.4) is 0 Å². The number of fused-ring (bicyclic) bond motifs is 7. The number of benzene rings is 3. The molecule has 0 saturated carbocycles. The van der Waals surface area contributed by atoms with Crippen LogP contribution in [0.15, 0.2) is 90.4 Å². The van der Waals surface area contributed by atoms with Crippen molar-refractivity contribution in [1.82, 2.24) is 4.57 Å². The van der Waals surface area contributed by atoms with Crippen LogP contribution in [0.1, 0.15) is 78.9 Å². The molecule has 3 unspecified atom stereocenters. The van der Waals surface area contributed by atoms with Gasteiger partial charge in [0.25, 0.3) is 0 Å². The number of hydrogen-bond donors (Lipinski definition) is 0. The van der Waals surface area contributed by atoms with Crippen molar-refractivity contribution in [2.45, 2.75) is 84.3 Å². The van der Waals surface area contributed by atoms with Gasteiger partial charge in [-0.05, 0) is 98.7 Å². The molecule has 0 spiro atoms. The Labute approximate surface area is 269 Å². The predicted octanol–water partition coefficient (Wildman–Crippen LogP) is 10.2. The third kappa shape index (κ3) is 4.11. The molecule has 0 bridgehead atoms. The molecule has 45 heavy (non-hydrogen) atoms. The molecule has 230 valence electrons. The van der Waals surface area contributed by atoms with E-state index in [1.54, 1.807) is 0 Å². The number of aromatic nitrogens is 1. The second-order valence-electron chi connectivity index (χ2n) is 15.3. The topological polar surface area (TPSA) is 23.4 Å². The minimum Gasteiger partial charge on any atom is -0.421 e. The van der Waals surface area contributed by atoms with Crippen LogP contribution in [-0.4, -0.2) is 29.2 Å². The van der Waals surface area contributed by atoms with E-state index in [1.807, 2.05) is 0 Å². The van der Waals surface area contributed by atoms with Crippen molar-refractivity contribution in [3.8, 4) is 11.1 Å². The lowest BCUT2D eigenvalue weighted by Crippen LogP contribution is -2.59. The zero-order valence-electron chi connectivity index (χ0n) is 28.0. The van der Waals surface area contributed by atoms with Crippen molar-refractivity contribution >= 4 is 34.4 Å². The Morgan fingerprint density at radius 1 is 0.844 bits per heavy atom. The molecule has 4 aliphatic rings. The molecule has 2 heterocycles. The number of nitrogens with zero attached hydrogens (tertiary/aromatic N) is 1. The summed E-state index contributed by atoms with van der Waals surface area (Å²) in [5.41, 5.74) is 10.1. The number of rotatable bonds is 3. The molecule has 4 atom stereocenters. The van der Waals surface area contributed by atoms with Crippen molar-refractivity contribution in [1.29, 1.82) is 0 Å². The quantitative estimate of drug-likeness (QED) is 0.174. The molecule has 4 heteroatoms. The summed E-state index contributed by atoms with van der Waals surface area (Å²) in [6, 6.07) is 23.0. The summed E-state index contributed by atoms with van der Waals surface area (Å²) < 4.78 is 15.9. The van der Waals surface area contributed by atoms with Gasteiger partial charge in [-0.3, -0.25) is 0 Å². The molecule has 1 aliphatic heterocycles. The normalized spacial score (nSPS) is 28.6. The third-order valence-corrected chi connectivity index (χ3v) is 12.2. The van der Waals surface area contributed by atoms with E-state index in [0.717, 1.165) is 6.42 Å². The molecule has 3 aliphatic carbocycles. The maximum Gasteiger partial charge on any atom is 0.353 e. The van der Waals surface area contributed by atoms with Crippen LogP contribution in [0.4, 0.5) is 0 Å². The lowest BCUT2D eigenvalue weighted by molar-refractivity contribution is -0.152. The second kappa shape index (κ2) is 10.1. The lowest BCUT2D eigenvalue weighted by atomic mass is 9.57. The molecular weight excluding hydrogens is 549 g/mol. The summed E-state index contributed by atoms with van der Waals surface area (Å²) >= 11 is 0. The lowest BCUT2D eigenvalue weighted by Gasteiger charge is -2.48. The Morgan fingerprint density at radius 2 is 1.62 bits per heavy atom. The molecule has 3 nitrogen and oxygen atoms in total. The van der Waals surface area contributed by atoms with Crippen LogP contribution in [0.2, 0.25) is 0 Å². The average Bonchev–Trinajstić information content (AvgIpc) is 3.49. The van der Waals surface area contributed by atoms with Gasteiger partial charge in [0.1, 0.15) is 0 Å². The first kappa shape index (κ1) is 29.1. The zero-order valence-corrected chi connectivity index (χ0v) is 28.0. The number of hydrogen-bond acceptors (Lipinski definition) is 2. The van der Waals surface area contributed by atoms with E-state index >= 15 is 0 Å². The minimum atomic E-state index is -0.390. The fourth-order valence-corrected chi connectivity index (χ4v) is 8.93. The molecule has 1 saturated heterocycles. The standard InChI is InChI=1S/C41H46BNO2/c1-26-14-8-11-17-33(26)41(7)34-18-12-9-15-29(34)31-22-23-32-30-16-10-13-19-35(30)43(38(32)37(31)41)36-24-28(21-20-27(36)2)42-25-44-39(3,4)40(5,6)45-42/h9-13,15-19,21-24,26-27,33H,8,14,20,25H2,1-7H3/t26?,27?,33?,41-/m1/s1. The highest BCUT2D eigenvalue weighted by atomic mass is 16.6. The van der Waals surface area contributed by atoms with Gasteiger partial charge in [0.15, 0.2) is 0 Å². The summed E-state index contributed by atoms with van der Waals surface area (Å²) in [4.78, 5) is 0. The van der Waals surface area contributed by atoms with Gasteiger partial charge in [0.05, 0.1) is 28.7 Å². The van der Waals surface area contributed by atoms with Crippen molar-refractivity contribution in [2.24, 2.45) is 17.8 Å². The summed E-state index contributed by atoms with van der Waals surface area (Å²) in [5.74, 6) is 1.39. The van der Waals surface area contributed by atoms with Gasteiger partial charge in [-0.25, -0.2) is 0 Å². The van der Waals surface area contributed by atoms with E-state index in [2.05, 4.69) is 138 Å². The smallest absolute Gasteiger partial charge is 0.353 e. The van der Waals surface area contributed by atoms with E-state index < -0.39 is 0 Å². The Hall–Kier alpha value is -3.34.